The van der Waals surface area contributed by atoms with Crippen LogP contribution >= 0.6 is 0 Å². The van der Waals surface area contributed by atoms with Crippen LogP contribution in [0.25, 0.3) is 0 Å². The van der Waals surface area contributed by atoms with Gasteiger partial charge in [-0.1, -0.05) is 27.7 Å². The number of carbonyl (C=O) groups excluding carboxylic acids is 1. The average molecular weight is 245 g/mol. The highest BCUT2D eigenvalue weighted by Crippen LogP contribution is 2.14. The molecule has 0 spiro atoms. The largest absolute Gasteiger partial charge is 0.388 e. The summed E-state index contributed by atoms with van der Waals surface area (Å²) in [5, 5.41) is 12.7. The van der Waals surface area contributed by atoms with Gasteiger partial charge < -0.3 is 15.2 Å². The molecule has 0 fully saturated rings. The second-order valence-electron chi connectivity index (χ2n) is 5.51. The van der Waals surface area contributed by atoms with E-state index >= 15 is 0 Å². The lowest BCUT2D eigenvalue weighted by Gasteiger charge is -2.27. The molecular weight excluding hydrogens is 218 g/mol. The zero-order chi connectivity index (χ0) is 13.5. The molecule has 0 radical (unpaired) electrons. The lowest BCUT2D eigenvalue weighted by Crippen LogP contribution is -2.44. The summed E-state index contributed by atoms with van der Waals surface area (Å²) in [5.74, 6) is 0.523. The maximum Gasteiger partial charge on any atom is 0.222 e. The SMILES string of the molecule is CC(C)COCCC(=O)NCC(C)(O)C(C)C. The zero-order valence-electron chi connectivity index (χ0n) is 11.7. The Hall–Kier alpha value is -0.610. The van der Waals surface area contributed by atoms with Gasteiger partial charge in [0.25, 0.3) is 0 Å². The van der Waals surface area contributed by atoms with Crippen LogP contribution in [-0.2, 0) is 9.53 Å². The van der Waals surface area contributed by atoms with E-state index in [1.54, 1.807) is 6.92 Å². The Morgan fingerprint density at radius 2 is 1.94 bits per heavy atom. The standard InChI is InChI=1S/C13H27NO3/c1-10(2)8-17-7-6-12(15)14-9-13(5,16)11(3)4/h10-11,16H,6-9H2,1-5H3,(H,14,15). The summed E-state index contributed by atoms with van der Waals surface area (Å²) < 4.78 is 5.32. The molecular formula is C13H27NO3. The highest BCUT2D eigenvalue weighted by Gasteiger charge is 2.25. The molecule has 102 valence electrons. The smallest absolute Gasteiger partial charge is 0.222 e. The van der Waals surface area contributed by atoms with E-state index in [0.717, 1.165) is 0 Å². The summed E-state index contributed by atoms with van der Waals surface area (Å²) >= 11 is 0. The van der Waals surface area contributed by atoms with Crippen molar-refractivity contribution in [3.05, 3.63) is 0 Å². The minimum absolute atomic E-state index is 0.0744. The summed E-state index contributed by atoms with van der Waals surface area (Å²) in [7, 11) is 0. The van der Waals surface area contributed by atoms with Crippen LogP contribution in [0.5, 0.6) is 0 Å². The fraction of sp³-hybridized carbons (Fsp3) is 0.923. The van der Waals surface area contributed by atoms with Gasteiger partial charge in [0.1, 0.15) is 0 Å². The fourth-order valence-electron chi connectivity index (χ4n) is 1.05. The van der Waals surface area contributed by atoms with Gasteiger partial charge in [-0.25, -0.2) is 0 Å². The molecule has 1 unspecified atom stereocenters. The molecule has 1 atom stereocenters. The van der Waals surface area contributed by atoms with Crippen molar-refractivity contribution in [1.29, 1.82) is 0 Å². The summed E-state index contributed by atoms with van der Waals surface area (Å²) in [6.07, 6.45) is 0.348. The Bertz CT molecular complexity index is 225. The molecule has 0 aromatic carbocycles. The third-order valence-corrected chi connectivity index (χ3v) is 2.81. The van der Waals surface area contributed by atoms with Crippen LogP contribution in [0.3, 0.4) is 0 Å². The molecule has 0 aliphatic heterocycles. The third kappa shape index (κ3) is 8.16. The third-order valence-electron chi connectivity index (χ3n) is 2.81. The highest BCUT2D eigenvalue weighted by atomic mass is 16.5. The van der Waals surface area contributed by atoms with Crippen LogP contribution in [0.2, 0.25) is 0 Å². The van der Waals surface area contributed by atoms with Gasteiger partial charge in [0.2, 0.25) is 5.91 Å². The van der Waals surface area contributed by atoms with E-state index in [2.05, 4.69) is 19.2 Å². The van der Waals surface area contributed by atoms with Gasteiger partial charge in [-0.15, -0.1) is 0 Å². The quantitative estimate of drug-likeness (QED) is 0.638. The first kappa shape index (κ1) is 16.4. The first-order valence-electron chi connectivity index (χ1n) is 6.32. The van der Waals surface area contributed by atoms with E-state index in [1.807, 2.05) is 13.8 Å². The Labute approximate surface area is 105 Å². The molecule has 17 heavy (non-hydrogen) atoms. The summed E-state index contributed by atoms with van der Waals surface area (Å²) in [6.45, 7) is 11.1. The molecule has 1 amide bonds. The molecule has 0 saturated carbocycles. The van der Waals surface area contributed by atoms with E-state index in [1.165, 1.54) is 0 Å². The molecule has 0 heterocycles. The molecule has 0 aliphatic carbocycles. The van der Waals surface area contributed by atoms with Crippen molar-refractivity contribution in [3.8, 4) is 0 Å². The number of carbonyl (C=O) groups is 1. The van der Waals surface area contributed by atoms with Crippen molar-refractivity contribution >= 4 is 5.91 Å². The monoisotopic (exact) mass is 245 g/mol. The lowest BCUT2D eigenvalue weighted by atomic mass is 9.92. The van der Waals surface area contributed by atoms with Crippen molar-refractivity contribution in [2.24, 2.45) is 11.8 Å². The summed E-state index contributed by atoms with van der Waals surface area (Å²) in [6, 6.07) is 0. The zero-order valence-corrected chi connectivity index (χ0v) is 11.7. The lowest BCUT2D eigenvalue weighted by molar-refractivity contribution is -0.123. The minimum atomic E-state index is -0.853. The predicted molar refractivity (Wildman–Crippen MR) is 68.7 cm³/mol. The number of amides is 1. The molecule has 0 rings (SSSR count). The number of hydrogen-bond donors (Lipinski definition) is 2. The second kappa shape index (κ2) is 7.67. The topological polar surface area (TPSA) is 58.6 Å². The van der Waals surface area contributed by atoms with E-state index in [0.29, 0.717) is 25.6 Å². The summed E-state index contributed by atoms with van der Waals surface area (Å²) in [4.78, 5) is 11.5. The van der Waals surface area contributed by atoms with Crippen molar-refractivity contribution in [2.75, 3.05) is 19.8 Å². The number of rotatable bonds is 8. The molecule has 2 N–H and O–H groups in total. The Balaban J connectivity index is 3.67. The van der Waals surface area contributed by atoms with E-state index in [9.17, 15) is 9.90 Å². The molecule has 4 nitrogen and oxygen atoms in total. The Kier molecular flexibility index (Phi) is 7.39. The van der Waals surface area contributed by atoms with Gasteiger partial charge in [0.05, 0.1) is 12.2 Å². The molecule has 4 heteroatoms. The van der Waals surface area contributed by atoms with Crippen LogP contribution < -0.4 is 5.32 Å². The van der Waals surface area contributed by atoms with Gasteiger partial charge in [-0.3, -0.25) is 4.79 Å². The van der Waals surface area contributed by atoms with E-state index in [4.69, 9.17) is 4.74 Å². The van der Waals surface area contributed by atoms with E-state index < -0.39 is 5.60 Å². The maximum absolute atomic E-state index is 11.5. The fourth-order valence-corrected chi connectivity index (χ4v) is 1.05. The molecule has 0 aliphatic rings. The average Bonchev–Trinajstić information content (AvgIpc) is 2.21. The highest BCUT2D eigenvalue weighted by molar-refractivity contribution is 5.76. The van der Waals surface area contributed by atoms with Crippen LogP contribution in [0, 0.1) is 11.8 Å². The van der Waals surface area contributed by atoms with Crippen LogP contribution in [0.4, 0.5) is 0 Å². The predicted octanol–water partition coefficient (Wildman–Crippen LogP) is 1.57. The van der Waals surface area contributed by atoms with Crippen molar-refractivity contribution in [2.45, 2.75) is 46.6 Å². The van der Waals surface area contributed by atoms with Crippen LogP contribution in [0.15, 0.2) is 0 Å². The normalized spacial score (nSPS) is 15.1. The molecule has 0 bridgehead atoms. The molecule has 0 saturated heterocycles. The Morgan fingerprint density at radius 1 is 1.35 bits per heavy atom. The van der Waals surface area contributed by atoms with Crippen molar-refractivity contribution in [3.63, 3.8) is 0 Å². The maximum atomic E-state index is 11.5. The van der Waals surface area contributed by atoms with Crippen molar-refractivity contribution in [1.82, 2.24) is 5.32 Å². The van der Waals surface area contributed by atoms with Gasteiger partial charge in [-0.2, -0.15) is 0 Å². The second-order valence-corrected chi connectivity index (χ2v) is 5.51. The number of nitrogens with one attached hydrogen (secondary N) is 1. The van der Waals surface area contributed by atoms with Crippen LogP contribution in [-0.4, -0.2) is 36.4 Å². The van der Waals surface area contributed by atoms with Crippen LogP contribution in [0.1, 0.15) is 41.0 Å². The minimum Gasteiger partial charge on any atom is -0.388 e. The number of ether oxygens (including phenoxy) is 1. The van der Waals surface area contributed by atoms with Gasteiger partial charge in [0, 0.05) is 19.6 Å². The number of aliphatic hydroxyl groups is 1. The first-order chi connectivity index (χ1) is 7.75. The van der Waals surface area contributed by atoms with Crippen molar-refractivity contribution < 1.29 is 14.6 Å². The number of hydrogen-bond acceptors (Lipinski definition) is 3. The Morgan fingerprint density at radius 3 is 2.41 bits per heavy atom. The first-order valence-corrected chi connectivity index (χ1v) is 6.32. The van der Waals surface area contributed by atoms with Gasteiger partial charge in [0.15, 0.2) is 0 Å². The van der Waals surface area contributed by atoms with Gasteiger partial charge in [-0.05, 0) is 18.8 Å². The molecule has 0 aromatic heterocycles. The van der Waals surface area contributed by atoms with Gasteiger partial charge >= 0.3 is 0 Å². The molecule has 0 aromatic rings. The summed E-state index contributed by atoms with van der Waals surface area (Å²) in [5.41, 5.74) is -0.853. The van der Waals surface area contributed by atoms with E-state index in [-0.39, 0.29) is 18.4 Å².